The van der Waals surface area contributed by atoms with Gasteiger partial charge in [0.1, 0.15) is 6.56 Å². The van der Waals surface area contributed by atoms with Crippen molar-refractivity contribution in [2.45, 2.75) is 38.4 Å². The molecule has 1 unspecified atom stereocenters. The lowest BCUT2D eigenvalue weighted by atomic mass is 9.98. The van der Waals surface area contributed by atoms with E-state index in [0.717, 1.165) is 11.6 Å². The number of carbonyl (C=O) groups is 2. The number of benzene rings is 2. The van der Waals surface area contributed by atoms with Crippen molar-refractivity contribution in [3.63, 3.8) is 0 Å². The molecule has 36 heavy (non-hydrogen) atoms. The number of carbonyl (C=O) groups excluding carboxylic acids is 1. The highest BCUT2D eigenvalue weighted by molar-refractivity contribution is 6.00. The standard InChI is InChI=1S/C25H30F3N3O5/c1-16(30-8-11-35-20-4-2-3-5-21(20)36-15-25(26,27)28)12-17-13-18-6-9-31(10-7-22(32)33)23(18)19(14-17)24(29)34/h2-5,13-14,16,30H,6-12,15H2,1H3,(H2,29,34)(H,32,33)/i8D2,11D2. The minimum atomic E-state index is -4.64. The monoisotopic (exact) mass is 513 g/mol. The molecule has 1 aliphatic heterocycles. The molecule has 0 aliphatic carbocycles. The Labute approximate surface area is 212 Å². The van der Waals surface area contributed by atoms with Gasteiger partial charge < -0.3 is 30.5 Å². The number of halogens is 3. The van der Waals surface area contributed by atoms with E-state index in [0.29, 0.717) is 24.2 Å². The van der Waals surface area contributed by atoms with Crippen LogP contribution in [0.15, 0.2) is 36.4 Å². The largest absolute Gasteiger partial charge is 0.488 e. The first-order chi connectivity index (χ1) is 18.5. The summed E-state index contributed by atoms with van der Waals surface area (Å²) in [5, 5.41) is 11.5. The maximum absolute atomic E-state index is 12.6. The Morgan fingerprint density at radius 1 is 1.25 bits per heavy atom. The van der Waals surface area contributed by atoms with Gasteiger partial charge in [0, 0.05) is 28.4 Å². The molecule has 0 aromatic heterocycles. The zero-order chi connectivity index (χ0) is 29.9. The molecule has 0 saturated heterocycles. The first-order valence-electron chi connectivity index (χ1n) is 13.2. The number of nitrogens with two attached hydrogens (primary N) is 1. The van der Waals surface area contributed by atoms with Gasteiger partial charge in [-0.25, -0.2) is 0 Å². The number of nitrogens with zero attached hydrogens (tertiary/aromatic N) is 1. The van der Waals surface area contributed by atoms with Gasteiger partial charge in [0.2, 0.25) is 0 Å². The third-order valence-electron chi connectivity index (χ3n) is 5.39. The number of carboxylic acids is 1. The zero-order valence-electron chi connectivity index (χ0n) is 23.5. The van der Waals surface area contributed by atoms with Gasteiger partial charge in [-0.15, -0.1) is 0 Å². The van der Waals surface area contributed by atoms with Crippen molar-refractivity contribution in [1.82, 2.24) is 5.32 Å². The quantitative estimate of drug-likeness (QED) is 0.377. The molecule has 0 fully saturated rings. The maximum atomic E-state index is 12.6. The molecule has 11 heteroatoms. The lowest BCUT2D eigenvalue weighted by Crippen LogP contribution is -2.32. The Balaban J connectivity index is 1.74. The number of hydrogen-bond donors (Lipinski definition) is 3. The van der Waals surface area contributed by atoms with Crippen LogP contribution in [0.5, 0.6) is 11.5 Å². The molecule has 2 aromatic rings. The minimum absolute atomic E-state index is 0.113. The van der Waals surface area contributed by atoms with Crippen LogP contribution in [0.3, 0.4) is 0 Å². The van der Waals surface area contributed by atoms with Crippen LogP contribution in [0.1, 0.15) is 40.3 Å². The van der Waals surface area contributed by atoms with Gasteiger partial charge in [-0.2, -0.15) is 13.2 Å². The van der Waals surface area contributed by atoms with E-state index in [4.69, 9.17) is 25.8 Å². The molecule has 2 aromatic carbocycles. The highest BCUT2D eigenvalue weighted by Crippen LogP contribution is 2.33. The number of ether oxygens (including phenoxy) is 2. The van der Waals surface area contributed by atoms with Crippen molar-refractivity contribution in [2.24, 2.45) is 5.73 Å². The number of anilines is 1. The predicted octanol–water partition coefficient (Wildman–Crippen LogP) is 3.16. The van der Waals surface area contributed by atoms with E-state index in [9.17, 15) is 22.8 Å². The molecule has 1 atom stereocenters. The number of para-hydroxylation sites is 2. The number of amides is 1. The highest BCUT2D eigenvalue weighted by atomic mass is 19.4. The Morgan fingerprint density at radius 2 is 1.94 bits per heavy atom. The van der Waals surface area contributed by atoms with Crippen molar-refractivity contribution >= 4 is 17.6 Å². The first-order valence-corrected chi connectivity index (χ1v) is 11.2. The smallest absolute Gasteiger partial charge is 0.422 e. The van der Waals surface area contributed by atoms with Crippen molar-refractivity contribution in [3.8, 4) is 11.5 Å². The van der Waals surface area contributed by atoms with E-state index in [1.165, 1.54) is 18.2 Å². The summed E-state index contributed by atoms with van der Waals surface area (Å²) >= 11 is 0. The summed E-state index contributed by atoms with van der Waals surface area (Å²) in [7, 11) is 0. The summed E-state index contributed by atoms with van der Waals surface area (Å²) in [5.74, 6) is -2.48. The molecule has 1 heterocycles. The van der Waals surface area contributed by atoms with E-state index in [-0.39, 0.29) is 24.9 Å². The summed E-state index contributed by atoms with van der Waals surface area (Å²) < 4.78 is 80.6. The van der Waals surface area contributed by atoms with Gasteiger partial charge in [0.05, 0.1) is 20.4 Å². The third-order valence-corrected chi connectivity index (χ3v) is 5.39. The Hall–Kier alpha value is -3.47. The number of hydrogen-bond acceptors (Lipinski definition) is 6. The number of carboxylic acid groups (broad SMARTS) is 1. The maximum Gasteiger partial charge on any atom is 0.422 e. The average molecular weight is 514 g/mol. The van der Waals surface area contributed by atoms with E-state index < -0.39 is 55.3 Å². The molecular weight excluding hydrogens is 479 g/mol. The normalized spacial score (nSPS) is 16.3. The van der Waals surface area contributed by atoms with Crippen LogP contribution in [-0.4, -0.2) is 62.0 Å². The molecule has 4 N–H and O–H groups in total. The second kappa shape index (κ2) is 12.0. The van der Waals surface area contributed by atoms with Crippen LogP contribution in [0.2, 0.25) is 0 Å². The number of primary amides is 1. The highest BCUT2D eigenvalue weighted by Gasteiger charge is 2.29. The average Bonchev–Trinajstić information content (AvgIpc) is 3.23. The van der Waals surface area contributed by atoms with Gasteiger partial charge in [-0.3, -0.25) is 9.59 Å². The van der Waals surface area contributed by atoms with Crippen LogP contribution < -0.4 is 25.4 Å². The molecule has 0 bridgehead atoms. The molecule has 1 aliphatic rings. The summed E-state index contributed by atoms with van der Waals surface area (Å²) in [4.78, 5) is 25.0. The second-order valence-electron chi connectivity index (χ2n) is 8.33. The fraction of sp³-hybridized carbons (Fsp3) is 0.440. The summed E-state index contributed by atoms with van der Waals surface area (Å²) in [6.45, 7) is -5.19. The third kappa shape index (κ3) is 7.77. The fourth-order valence-corrected chi connectivity index (χ4v) is 3.90. The van der Waals surface area contributed by atoms with E-state index in [1.807, 2.05) is 6.07 Å². The number of fused-ring (bicyclic) bond motifs is 1. The SMILES string of the molecule is [2H]C([2H])(NC(C)Cc1cc2c(c(C(N)=O)c1)N(CCC(=O)O)CC2)C([2H])([2H])Oc1ccccc1OCC(F)(F)F. The van der Waals surface area contributed by atoms with Crippen molar-refractivity contribution < 1.29 is 42.8 Å². The topological polar surface area (TPSA) is 114 Å². The Kier molecular flexibility index (Phi) is 7.25. The van der Waals surface area contributed by atoms with Gasteiger partial charge in [-0.1, -0.05) is 18.2 Å². The molecule has 1 amide bonds. The molecular formula is C25H30F3N3O5. The summed E-state index contributed by atoms with van der Waals surface area (Å²) in [6.07, 6.45) is -4.04. The van der Waals surface area contributed by atoms with Gasteiger partial charge >= 0.3 is 12.1 Å². The molecule has 0 saturated carbocycles. The molecule has 0 radical (unpaired) electrons. The minimum Gasteiger partial charge on any atom is -0.488 e. The lowest BCUT2D eigenvalue weighted by Gasteiger charge is -2.22. The molecule has 3 rings (SSSR count). The van der Waals surface area contributed by atoms with E-state index >= 15 is 0 Å². The Bertz CT molecular complexity index is 1250. The number of rotatable bonds is 13. The van der Waals surface area contributed by atoms with Crippen LogP contribution in [0.4, 0.5) is 18.9 Å². The van der Waals surface area contributed by atoms with Crippen LogP contribution in [-0.2, 0) is 17.6 Å². The molecule has 196 valence electrons. The van der Waals surface area contributed by atoms with Crippen molar-refractivity contribution in [3.05, 3.63) is 53.1 Å². The number of nitrogens with one attached hydrogen (secondary N) is 1. The van der Waals surface area contributed by atoms with Crippen molar-refractivity contribution in [2.75, 3.05) is 37.7 Å². The summed E-state index contributed by atoms with van der Waals surface area (Å²) in [6, 6.07) is 7.72. The van der Waals surface area contributed by atoms with Gasteiger partial charge in [0.25, 0.3) is 5.91 Å². The van der Waals surface area contributed by atoms with Crippen LogP contribution in [0.25, 0.3) is 0 Å². The van der Waals surface area contributed by atoms with E-state index in [1.54, 1.807) is 17.9 Å². The molecule has 8 nitrogen and oxygen atoms in total. The van der Waals surface area contributed by atoms with E-state index in [2.05, 4.69) is 5.32 Å². The number of alkyl halides is 3. The number of aliphatic carboxylic acids is 1. The fourth-order valence-electron chi connectivity index (χ4n) is 3.90. The van der Waals surface area contributed by atoms with Crippen LogP contribution >= 0.6 is 0 Å². The van der Waals surface area contributed by atoms with Gasteiger partial charge in [0.15, 0.2) is 18.1 Å². The lowest BCUT2D eigenvalue weighted by molar-refractivity contribution is -0.153. The first kappa shape index (κ1) is 21.8. The molecule has 0 spiro atoms. The Morgan fingerprint density at radius 3 is 2.58 bits per heavy atom. The van der Waals surface area contributed by atoms with Crippen LogP contribution in [0, 0.1) is 0 Å². The van der Waals surface area contributed by atoms with Gasteiger partial charge in [-0.05, 0) is 49.1 Å². The second-order valence-corrected chi connectivity index (χ2v) is 8.33. The summed E-state index contributed by atoms with van der Waals surface area (Å²) in [5.41, 5.74) is 7.79. The van der Waals surface area contributed by atoms with Crippen molar-refractivity contribution in [1.29, 1.82) is 0 Å². The zero-order valence-corrected chi connectivity index (χ0v) is 19.5. The predicted molar refractivity (Wildman–Crippen MR) is 128 cm³/mol.